The lowest BCUT2D eigenvalue weighted by atomic mass is 9.88. The van der Waals surface area contributed by atoms with Crippen molar-refractivity contribution in [2.24, 2.45) is 0 Å². The Bertz CT molecular complexity index is 476. The summed E-state index contributed by atoms with van der Waals surface area (Å²) in [5.41, 5.74) is -1.42. The summed E-state index contributed by atoms with van der Waals surface area (Å²) in [6.45, 7) is 9.47. The van der Waals surface area contributed by atoms with Gasteiger partial charge in [-0.05, 0) is 38.5 Å². The molecule has 0 N–H and O–H groups in total. The molecule has 1 aliphatic heterocycles. The number of hydrogen-bond donors (Lipinski definition) is 0. The topological polar surface area (TPSA) is 29.5 Å². The second-order valence-electron chi connectivity index (χ2n) is 5.81. The lowest BCUT2D eigenvalue weighted by Crippen LogP contribution is -2.59. The van der Waals surface area contributed by atoms with Gasteiger partial charge in [-0.15, -0.1) is 0 Å². The summed E-state index contributed by atoms with van der Waals surface area (Å²) < 4.78 is 20.7. The van der Waals surface area contributed by atoms with Gasteiger partial charge in [-0.3, -0.25) is 0 Å². The van der Waals surface area contributed by atoms with Crippen LogP contribution in [0.25, 0.3) is 0 Å². The molecule has 1 heterocycles. The molecule has 118 valence electrons. The summed E-state index contributed by atoms with van der Waals surface area (Å²) in [4.78, 5) is 13.1. The van der Waals surface area contributed by atoms with E-state index in [1.54, 1.807) is 45.0 Å². The molecule has 3 nitrogen and oxygen atoms in total. The molecule has 0 radical (unpaired) electrons. The number of amides is 1. The molecule has 1 amide bonds. The van der Waals surface area contributed by atoms with Gasteiger partial charge in [-0.2, -0.15) is 0 Å². The smallest absolute Gasteiger partial charge is 0.410 e. The Labute approximate surface area is 134 Å². The van der Waals surface area contributed by atoms with Gasteiger partial charge in [-0.1, -0.05) is 41.9 Å². The Hall–Kier alpha value is -1.10. The summed E-state index contributed by atoms with van der Waals surface area (Å²) in [5, 5.41) is 0. The van der Waals surface area contributed by atoms with Gasteiger partial charge in [0.15, 0.2) is 5.67 Å². The number of hydrogen-bond acceptors (Lipinski definition) is 2. The van der Waals surface area contributed by atoms with Crippen molar-refractivity contribution in [3.63, 3.8) is 0 Å². The molecular weight excluding hydrogens is 337 g/mol. The maximum Gasteiger partial charge on any atom is 0.410 e. The summed E-state index contributed by atoms with van der Waals surface area (Å²) in [6.07, 6.45) is -0.460. The van der Waals surface area contributed by atoms with Gasteiger partial charge >= 0.3 is 6.09 Å². The van der Waals surface area contributed by atoms with E-state index in [-0.39, 0.29) is 13.1 Å². The zero-order valence-electron chi connectivity index (χ0n) is 13.2. The molecule has 0 saturated carbocycles. The van der Waals surface area contributed by atoms with E-state index in [1.165, 1.54) is 4.90 Å². The van der Waals surface area contributed by atoms with E-state index in [4.69, 9.17) is 4.74 Å². The molecule has 0 bridgehead atoms. The van der Waals surface area contributed by atoms with Gasteiger partial charge in [-0.25, -0.2) is 9.18 Å². The van der Waals surface area contributed by atoms with E-state index in [1.807, 2.05) is 13.8 Å². The van der Waals surface area contributed by atoms with E-state index >= 15 is 0 Å². The Morgan fingerprint density at radius 3 is 2.14 bits per heavy atom. The predicted octanol–water partition coefficient (Wildman–Crippen LogP) is 4.89. The van der Waals surface area contributed by atoms with E-state index in [2.05, 4.69) is 15.9 Å². The Morgan fingerprint density at radius 2 is 1.71 bits per heavy atom. The Kier molecular flexibility index (Phi) is 5.79. The van der Waals surface area contributed by atoms with Crippen LogP contribution in [0.15, 0.2) is 28.7 Å². The van der Waals surface area contributed by atoms with Crippen LogP contribution >= 0.6 is 15.9 Å². The highest BCUT2D eigenvalue weighted by atomic mass is 79.9. The number of rotatable bonds is 1. The first-order chi connectivity index (χ1) is 9.70. The lowest BCUT2D eigenvalue weighted by Gasteiger charge is -2.44. The highest BCUT2D eigenvalue weighted by molar-refractivity contribution is 9.10. The minimum absolute atomic E-state index is 0.0452. The van der Waals surface area contributed by atoms with Crippen LogP contribution in [0.4, 0.5) is 9.18 Å². The van der Waals surface area contributed by atoms with Crippen molar-refractivity contribution in [1.82, 2.24) is 4.90 Å². The largest absolute Gasteiger partial charge is 0.444 e. The molecule has 0 atom stereocenters. The number of carbonyl (C=O) groups is 1. The highest BCUT2D eigenvalue weighted by Gasteiger charge is 2.48. The number of halogens is 2. The third-order valence-corrected chi connectivity index (χ3v) is 3.42. The van der Waals surface area contributed by atoms with Crippen LogP contribution < -0.4 is 0 Å². The Balaban J connectivity index is 0.00000106. The maximum atomic E-state index is 14.5. The van der Waals surface area contributed by atoms with Crippen molar-refractivity contribution in [1.29, 1.82) is 0 Å². The average Bonchev–Trinajstić information content (AvgIpc) is 2.36. The number of carbonyl (C=O) groups excluding carboxylic acids is 1. The monoisotopic (exact) mass is 359 g/mol. The molecule has 1 aromatic carbocycles. The normalized spacial score (nSPS) is 16.4. The summed E-state index contributed by atoms with van der Waals surface area (Å²) in [7, 11) is 0. The van der Waals surface area contributed by atoms with Crippen LogP contribution in [0.5, 0.6) is 0 Å². The van der Waals surface area contributed by atoms with Gasteiger partial charge in [0.1, 0.15) is 5.60 Å². The predicted molar refractivity (Wildman–Crippen MR) is 86.1 cm³/mol. The summed E-state index contributed by atoms with van der Waals surface area (Å²) in [5.74, 6) is 0. The number of alkyl halides is 1. The molecule has 21 heavy (non-hydrogen) atoms. The first-order valence-electron chi connectivity index (χ1n) is 7.12. The van der Waals surface area contributed by atoms with E-state index in [0.717, 1.165) is 4.47 Å². The molecule has 0 unspecified atom stereocenters. The fraction of sp³-hybridized carbons (Fsp3) is 0.562. The minimum atomic E-state index is -1.46. The van der Waals surface area contributed by atoms with E-state index < -0.39 is 17.4 Å². The van der Waals surface area contributed by atoms with Crippen molar-refractivity contribution in [2.45, 2.75) is 45.9 Å². The zero-order chi connectivity index (χ0) is 16.3. The molecule has 0 aliphatic carbocycles. The lowest BCUT2D eigenvalue weighted by molar-refractivity contribution is -0.0537. The van der Waals surface area contributed by atoms with Crippen LogP contribution in [0.1, 0.15) is 40.2 Å². The molecule has 1 aromatic rings. The van der Waals surface area contributed by atoms with Crippen LogP contribution in [-0.2, 0) is 10.4 Å². The second kappa shape index (κ2) is 6.77. The third-order valence-electron chi connectivity index (χ3n) is 2.90. The van der Waals surface area contributed by atoms with Crippen LogP contribution in [0.3, 0.4) is 0 Å². The number of ether oxygens (including phenoxy) is 1. The summed E-state index contributed by atoms with van der Waals surface area (Å²) in [6, 6.07) is 7.06. The molecular formula is C16H23BrFNO2. The second-order valence-corrected chi connectivity index (χ2v) is 6.72. The average molecular weight is 360 g/mol. The highest BCUT2D eigenvalue weighted by Crippen LogP contribution is 2.37. The molecule has 1 fully saturated rings. The van der Waals surface area contributed by atoms with Gasteiger partial charge in [0, 0.05) is 4.47 Å². The summed E-state index contributed by atoms with van der Waals surface area (Å²) >= 11 is 3.31. The number of nitrogens with zero attached hydrogens (tertiary/aromatic N) is 1. The van der Waals surface area contributed by atoms with Crippen LogP contribution in [0, 0.1) is 0 Å². The van der Waals surface area contributed by atoms with Gasteiger partial charge < -0.3 is 9.64 Å². The Morgan fingerprint density at radius 1 is 1.24 bits per heavy atom. The van der Waals surface area contributed by atoms with Crippen molar-refractivity contribution in [2.75, 3.05) is 13.1 Å². The van der Waals surface area contributed by atoms with Gasteiger partial charge in [0.25, 0.3) is 0 Å². The minimum Gasteiger partial charge on any atom is -0.444 e. The molecule has 5 heteroatoms. The number of benzene rings is 1. The first kappa shape index (κ1) is 18.0. The van der Waals surface area contributed by atoms with Crippen molar-refractivity contribution in [3.05, 3.63) is 34.3 Å². The third kappa shape index (κ3) is 4.70. The molecule has 1 saturated heterocycles. The van der Waals surface area contributed by atoms with Crippen LogP contribution in [0.2, 0.25) is 0 Å². The van der Waals surface area contributed by atoms with E-state index in [0.29, 0.717) is 5.56 Å². The van der Waals surface area contributed by atoms with Crippen molar-refractivity contribution in [3.8, 4) is 0 Å². The quantitative estimate of drug-likeness (QED) is 0.714. The fourth-order valence-electron chi connectivity index (χ4n) is 1.95. The standard InChI is InChI=1S/C14H17BrFNO2.C2H6/c1-13(2,3)19-12(18)17-8-14(16,9-17)10-4-6-11(15)7-5-10;1-2/h4-7H,8-9H2,1-3H3;1-2H3. The number of likely N-dealkylation sites (tertiary alicyclic amines) is 1. The molecule has 2 rings (SSSR count). The van der Waals surface area contributed by atoms with Gasteiger partial charge in [0.2, 0.25) is 0 Å². The zero-order valence-corrected chi connectivity index (χ0v) is 14.8. The van der Waals surface area contributed by atoms with Crippen molar-refractivity contribution < 1.29 is 13.9 Å². The molecule has 0 aromatic heterocycles. The first-order valence-corrected chi connectivity index (χ1v) is 7.92. The van der Waals surface area contributed by atoms with Crippen molar-refractivity contribution >= 4 is 22.0 Å². The SMILES string of the molecule is CC.CC(C)(C)OC(=O)N1CC(F)(c2ccc(Br)cc2)C1. The fourth-order valence-corrected chi connectivity index (χ4v) is 2.21. The molecule has 0 spiro atoms. The maximum absolute atomic E-state index is 14.5. The van der Waals surface area contributed by atoms with Gasteiger partial charge in [0.05, 0.1) is 13.1 Å². The molecule has 1 aliphatic rings. The van der Waals surface area contributed by atoms with Crippen LogP contribution in [-0.4, -0.2) is 29.7 Å². The van der Waals surface area contributed by atoms with E-state index in [9.17, 15) is 9.18 Å².